The minimum absolute atomic E-state index is 0.0439. The lowest BCUT2D eigenvalue weighted by atomic mass is 10.0. The largest absolute Gasteiger partial charge is 0.472 e. The van der Waals surface area contributed by atoms with E-state index in [1.54, 1.807) is 0 Å². The average molecular weight is 980 g/mol. The fourth-order valence-corrected chi connectivity index (χ4v) is 7.69. The van der Waals surface area contributed by atoms with Gasteiger partial charge in [0, 0.05) is 19.4 Å². The third kappa shape index (κ3) is 53.6. The van der Waals surface area contributed by atoms with Crippen LogP contribution in [0.3, 0.4) is 0 Å². The highest BCUT2D eigenvalue weighted by molar-refractivity contribution is 7.47. The molecule has 0 aliphatic rings. The van der Waals surface area contributed by atoms with Crippen molar-refractivity contribution in [2.45, 2.75) is 213 Å². The van der Waals surface area contributed by atoms with E-state index in [0.717, 1.165) is 128 Å². The molecule has 0 rings (SSSR count). The number of phosphoric ester groups is 1. The fraction of sp³-hybridized carbons (Fsp3) is 0.627. The van der Waals surface area contributed by atoms with Crippen LogP contribution in [0.25, 0.3) is 0 Å². The highest BCUT2D eigenvalue weighted by Crippen LogP contribution is 2.43. The molecule has 0 heterocycles. The van der Waals surface area contributed by atoms with Crippen LogP contribution in [0, 0.1) is 0 Å². The van der Waals surface area contributed by atoms with Gasteiger partial charge >= 0.3 is 19.8 Å². The maximum absolute atomic E-state index is 12.7. The standard InChI is InChI=1S/C59H98NO8P/c1-3-5-7-9-11-13-15-17-19-21-23-24-25-26-27-28-29-30-31-32-34-36-38-40-42-44-46-48-50-52-59(62)68-57(56-67-69(63,64)66-54-53-60)55-65-58(61)51-49-47-45-43-41-39-37-35-33-22-20-18-16-14-12-10-8-6-4-2/h5-8,11-14,17-20,23-24,26-27,29-30,33,35,57H,3-4,9-10,15-16,21-22,25,28,31-32,34,36-56,60H2,1-2H3,(H,63,64)/b7-5-,8-6-,13-11-,14-12-,19-17-,20-18-,24-23-,27-26-,30-29-,35-33-. The normalized spacial score (nSPS) is 14.1. The summed E-state index contributed by atoms with van der Waals surface area (Å²) >= 11 is 0. The molecule has 0 aliphatic carbocycles. The van der Waals surface area contributed by atoms with E-state index < -0.39 is 32.5 Å². The number of carbonyl (C=O) groups excluding carboxylic acids is 2. The Morgan fingerprint density at radius 2 is 0.754 bits per heavy atom. The molecule has 0 spiro atoms. The van der Waals surface area contributed by atoms with E-state index in [0.29, 0.717) is 12.8 Å². The highest BCUT2D eigenvalue weighted by atomic mass is 31.2. The summed E-state index contributed by atoms with van der Waals surface area (Å²) in [5, 5.41) is 0. The van der Waals surface area contributed by atoms with Gasteiger partial charge in [-0.05, 0) is 103 Å². The van der Waals surface area contributed by atoms with Crippen LogP contribution < -0.4 is 5.73 Å². The predicted octanol–water partition coefficient (Wildman–Crippen LogP) is 16.8. The van der Waals surface area contributed by atoms with Crippen molar-refractivity contribution in [2.24, 2.45) is 5.73 Å². The number of hydrogen-bond donors (Lipinski definition) is 2. The maximum Gasteiger partial charge on any atom is 0.472 e. The fourth-order valence-electron chi connectivity index (χ4n) is 6.92. The maximum atomic E-state index is 12.7. The molecule has 392 valence electrons. The summed E-state index contributed by atoms with van der Waals surface area (Å²) in [6, 6.07) is 0. The number of hydrogen-bond acceptors (Lipinski definition) is 8. The Hall–Kier alpha value is -3.59. The minimum atomic E-state index is -4.40. The number of unbranched alkanes of at least 4 members (excludes halogenated alkanes) is 16. The van der Waals surface area contributed by atoms with Crippen molar-refractivity contribution < 1.29 is 37.6 Å². The zero-order valence-corrected chi connectivity index (χ0v) is 44.4. The smallest absolute Gasteiger partial charge is 0.462 e. The van der Waals surface area contributed by atoms with Crippen LogP contribution in [0.4, 0.5) is 0 Å². The molecule has 10 heteroatoms. The molecule has 0 amide bonds. The molecule has 0 aliphatic heterocycles. The van der Waals surface area contributed by atoms with Crippen LogP contribution in [-0.2, 0) is 32.7 Å². The highest BCUT2D eigenvalue weighted by Gasteiger charge is 2.26. The molecule has 0 saturated carbocycles. The lowest BCUT2D eigenvalue weighted by Crippen LogP contribution is -2.29. The van der Waals surface area contributed by atoms with Crippen molar-refractivity contribution >= 4 is 19.8 Å². The topological polar surface area (TPSA) is 134 Å². The number of rotatable bonds is 49. The first-order chi connectivity index (χ1) is 33.8. The molecular weight excluding hydrogens is 882 g/mol. The lowest BCUT2D eigenvalue weighted by molar-refractivity contribution is -0.161. The van der Waals surface area contributed by atoms with Gasteiger partial charge in [0.1, 0.15) is 6.61 Å². The molecular formula is C59H98NO8P. The summed E-state index contributed by atoms with van der Waals surface area (Å²) in [5.74, 6) is -0.857. The van der Waals surface area contributed by atoms with Crippen molar-refractivity contribution in [3.63, 3.8) is 0 Å². The molecule has 69 heavy (non-hydrogen) atoms. The quantitative estimate of drug-likeness (QED) is 0.0264. The van der Waals surface area contributed by atoms with Crippen molar-refractivity contribution in [2.75, 3.05) is 26.4 Å². The van der Waals surface area contributed by atoms with Gasteiger partial charge in [-0.3, -0.25) is 18.6 Å². The Balaban J connectivity index is 4.07. The average Bonchev–Trinajstić information content (AvgIpc) is 3.34. The van der Waals surface area contributed by atoms with Crippen LogP contribution >= 0.6 is 7.82 Å². The zero-order chi connectivity index (χ0) is 50.2. The van der Waals surface area contributed by atoms with E-state index in [4.69, 9.17) is 24.3 Å². The lowest BCUT2D eigenvalue weighted by Gasteiger charge is -2.19. The molecule has 0 aromatic carbocycles. The zero-order valence-electron chi connectivity index (χ0n) is 43.5. The third-order valence-electron chi connectivity index (χ3n) is 10.8. The molecule has 0 saturated heterocycles. The van der Waals surface area contributed by atoms with Crippen LogP contribution in [0.15, 0.2) is 122 Å². The van der Waals surface area contributed by atoms with E-state index in [9.17, 15) is 19.0 Å². The number of carbonyl (C=O) groups is 2. The number of phosphoric acid groups is 1. The molecule has 9 nitrogen and oxygen atoms in total. The molecule has 0 bridgehead atoms. The summed E-state index contributed by atoms with van der Waals surface area (Å²) in [7, 11) is -4.40. The van der Waals surface area contributed by atoms with Gasteiger partial charge in [-0.15, -0.1) is 0 Å². The van der Waals surface area contributed by atoms with E-state index in [1.807, 2.05) is 0 Å². The summed E-state index contributed by atoms with van der Waals surface area (Å²) in [6.45, 7) is 3.48. The first kappa shape index (κ1) is 65.4. The van der Waals surface area contributed by atoms with Crippen LogP contribution in [0.1, 0.15) is 206 Å². The monoisotopic (exact) mass is 980 g/mol. The van der Waals surface area contributed by atoms with Crippen molar-refractivity contribution in [3.05, 3.63) is 122 Å². The molecule has 2 unspecified atom stereocenters. The van der Waals surface area contributed by atoms with E-state index >= 15 is 0 Å². The second kappa shape index (κ2) is 53.8. The summed E-state index contributed by atoms with van der Waals surface area (Å²) in [6.07, 6.45) is 73.8. The van der Waals surface area contributed by atoms with Gasteiger partial charge in [-0.1, -0.05) is 212 Å². The van der Waals surface area contributed by atoms with E-state index in [2.05, 4.69) is 135 Å². The second-order valence-corrected chi connectivity index (χ2v) is 18.8. The van der Waals surface area contributed by atoms with E-state index in [-0.39, 0.29) is 32.6 Å². The summed E-state index contributed by atoms with van der Waals surface area (Å²) in [5.41, 5.74) is 5.37. The van der Waals surface area contributed by atoms with Crippen molar-refractivity contribution in [3.8, 4) is 0 Å². The molecule has 0 aromatic heterocycles. The van der Waals surface area contributed by atoms with Gasteiger partial charge in [0.25, 0.3) is 0 Å². The molecule has 0 fully saturated rings. The Labute approximate surface area is 421 Å². The number of ether oxygens (including phenoxy) is 2. The summed E-state index contributed by atoms with van der Waals surface area (Å²) < 4.78 is 33.0. The third-order valence-corrected chi connectivity index (χ3v) is 11.8. The minimum Gasteiger partial charge on any atom is -0.462 e. The first-order valence-corrected chi connectivity index (χ1v) is 28.5. The Morgan fingerprint density at radius 1 is 0.435 bits per heavy atom. The molecule has 2 atom stereocenters. The summed E-state index contributed by atoms with van der Waals surface area (Å²) in [4.78, 5) is 35.1. The molecule has 0 radical (unpaired) electrons. The number of allylic oxidation sites excluding steroid dienone is 20. The van der Waals surface area contributed by atoms with Gasteiger partial charge in [0.15, 0.2) is 6.10 Å². The number of esters is 2. The van der Waals surface area contributed by atoms with Crippen LogP contribution in [-0.4, -0.2) is 49.3 Å². The van der Waals surface area contributed by atoms with Gasteiger partial charge < -0.3 is 20.1 Å². The van der Waals surface area contributed by atoms with Gasteiger partial charge in [0.2, 0.25) is 0 Å². The van der Waals surface area contributed by atoms with Gasteiger partial charge in [0.05, 0.1) is 13.2 Å². The SMILES string of the molecule is CC/C=C\C/C=C\C/C=C\C/C=C\C/C=C\C/C=C\CCCCCCCCCCCCC(=O)OC(COC(=O)CCCCCCCC/C=C\C/C=C\C/C=C\C/C=C\CC)COP(=O)(O)OCCN. The second-order valence-electron chi connectivity index (χ2n) is 17.3. The Bertz CT molecular complexity index is 1540. The van der Waals surface area contributed by atoms with Crippen molar-refractivity contribution in [1.82, 2.24) is 0 Å². The first-order valence-electron chi connectivity index (χ1n) is 27.0. The van der Waals surface area contributed by atoms with E-state index in [1.165, 1.54) is 38.5 Å². The Kier molecular flexibility index (Phi) is 51.0. The number of nitrogens with two attached hydrogens (primary N) is 1. The van der Waals surface area contributed by atoms with Gasteiger partial charge in [-0.2, -0.15) is 0 Å². The predicted molar refractivity (Wildman–Crippen MR) is 293 cm³/mol. The van der Waals surface area contributed by atoms with Crippen molar-refractivity contribution in [1.29, 1.82) is 0 Å². The Morgan fingerprint density at radius 3 is 1.12 bits per heavy atom. The molecule has 3 N–H and O–H groups in total. The van der Waals surface area contributed by atoms with Crippen LogP contribution in [0.2, 0.25) is 0 Å². The van der Waals surface area contributed by atoms with Gasteiger partial charge in [-0.25, -0.2) is 4.57 Å². The van der Waals surface area contributed by atoms with Crippen LogP contribution in [0.5, 0.6) is 0 Å². The molecule has 0 aromatic rings.